The average molecular weight is 696 g/mol. The molecule has 2 bridgehead atoms. The lowest BCUT2D eigenvalue weighted by Gasteiger charge is -2.64. The molecule has 3 aliphatic heterocycles. The number of benzene rings is 1. The standard InChI is InChI=1S/C38H56BF2N5O4/c1-25(36(4,5)45-18-16-38(40,41)24-45)29(22-42)33(47)46-17-12-11-15-28(46)23-44(7)34(48)43-32(19-26-13-9-8-10-14-26)39-49-31-21-27-20-30(35(27,2)3)37(31,6)50-39/h8-10,13-14,25,27-32H,11-12,15-21,23-24H2,1-7H3,(H,43,48)/t25?,27-,28+,29?,30-,31+,32-,37-/m0/s1. The number of carbonyl (C=O) groups excluding carboxylic acids is 2. The molecule has 3 aliphatic carbocycles. The molecule has 12 heteroatoms. The number of alkyl halides is 2. The van der Waals surface area contributed by atoms with Crippen molar-refractivity contribution in [3.8, 4) is 6.07 Å². The zero-order chi connectivity index (χ0) is 36.2. The number of carbonyl (C=O) groups is 2. The third-order valence-corrected chi connectivity index (χ3v) is 13.7. The number of rotatable bonds is 10. The van der Waals surface area contributed by atoms with Crippen molar-refractivity contribution in [2.75, 3.05) is 33.2 Å². The van der Waals surface area contributed by atoms with Crippen LogP contribution in [0.15, 0.2) is 30.3 Å². The van der Waals surface area contributed by atoms with Crippen LogP contribution in [0.4, 0.5) is 13.6 Å². The highest BCUT2D eigenvalue weighted by Crippen LogP contribution is 2.65. The quantitative estimate of drug-likeness (QED) is 0.312. The number of likely N-dealkylation sites (N-methyl/N-ethyl adjacent to an activating group) is 1. The summed E-state index contributed by atoms with van der Waals surface area (Å²) in [5, 5.41) is 13.5. The van der Waals surface area contributed by atoms with Gasteiger partial charge in [-0.3, -0.25) is 9.69 Å². The van der Waals surface area contributed by atoms with Crippen LogP contribution >= 0.6 is 0 Å². The number of nitrogens with one attached hydrogen (secondary N) is 1. The van der Waals surface area contributed by atoms with Gasteiger partial charge in [0.1, 0.15) is 5.92 Å². The highest BCUT2D eigenvalue weighted by molar-refractivity contribution is 6.48. The van der Waals surface area contributed by atoms with E-state index in [1.807, 2.05) is 51.1 Å². The molecule has 6 aliphatic rings. The molecular weight excluding hydrogens is 639 g/mol. The smallest absolute Gasteiger partial charge is 0.404 e. The zero-order valence-corrected chi connectivity index (χ0v) is 31.0. The highest BCUT2D eigenvalue weighted by atomic mass is 19.3. The third-order valence-electron chi connectivity index (χ3n) is 13.7. The van der Waals surface area contributed by atoms with Crippen LogP contribution in [0.5, 0.6) is 0 Å². The Kier molecular flexibility index (Phi) is 10.1. The lowest BCUT2D eigenvalue weighted by molar-refractivity contribution is -0.199. The lowest BCUT2D eigenvalue weighted by atomic mass is 9.43. The van der Waals surface area contributed by atoms with Gasteiger partial charge in [-0.15, -0.1) is 0 Å². The molecule has 3 heterocycles. The summed E-state index contributed by atoms with van der Waals surface area (Å²) in [5.41, 5.74) is 0.0851. The molecular formula is C38H56BF2N5O4. The monoisotopic (exact) mass is 695 g/mol. The molecule has 9 nitrogen and oxygen atoms in total. The van der Waals surface area contributed by atoms with Crippen LogP contribution in [-0.4, -0.2) is 102 Å². The Morgan fingerprint density at radius 1 is 1.16 bits per heavy atom. The Balaban J connectivity index is 1.13. The number of nitriles is 1. The van der Waals surface area contributed by atoms with Gasteiger partial charge in [0.15, 0.2) is 0 Å². The van der Waals surface area contributed by atoms with Crippen LogP contribution in [0, 0.1) is 40.4 Å². The van der Waals surface area contributed by atoms with Crippen LogP contribution in [0.1, 0.15) is 85.6 Å². The number of hydrogen-bond acceptors (Lipinski definition) is 6. The van der Waals surface area contributed by atoms with Gasteiger partial charge < -0.3 is 24.4 Å². The maximum absolute atomic E-state index is 14.1. The number of hydrogen-bond donors (Lipinski definition) is 1. The summed E-state index contributed by atoms with van der Waals surface area (Å²) in [4.78, 5) is 33.1. The van der Waals surface area contributed by atoms with Crippen molar-refractivity contribution in [3.63, 3.8) is 0 Å². The molecule has 7 rings (SSSR count). The highest BCUT2D eigenvalue weighted by Gasteiger charge is 2.68. The molecule has 3 saturated carbocycles. The number of likely N-dealkylation sites (tertiary alicyclic amines) is 2. The van der Waals surface area contributed by atoms with Gasteiger partial charge >= 0.3 is 13.1 Å². The Labute approximate surface area is 297 Å². The lowest BCUT2D eigenvalue weighted by Crippen LogP contribution is -2.65. The molecule has 274 valence electrons. The summed E-state index contributed by atoms with van der Waals surface area (Å²) >= 11 is 0. The minimum atomic E-state index is -2.77. The van der Waals surface area contributed by atoms with Crippen LogP contribution in [-0.2, 0) is 20.5 Å². The molecule has 1 N–H and O–H groups in total. The van der Waals surface area contributed by atoms with E-state index >= 15 is 0 Å². The van der Waals surface area contributed by atoms with E-state index in [9.17, 15) is 23.6 Å². The number of halogens is 2. The fourth-order valence-corrected chi connectivity index (χ4v) is 9.79. The topological polar surface area (TPSA) is 98.1 Å². The maximum atomic E-state index is 14.1. The van der Waals surface area contributed by atoms with Gasteiger partial charge in [-0.1, -0.05) is 51.1 Å². The van der Waals surface area contributed by atoms with Crippen LogP contribution in [0.2, 0.25) is 0 Å². The molecule has 1 aromatic carbocycles. The molecule has 2 unspecified atom stereocenters. The van der Waals surface area contributed by atoms with Gasteiger partial charge in [-0.2, -0.15) is 5.26 Å². The zero-order valence-electron chi connectivity index (χ0n) is 31.0. The van der Waals surface area contributed by atoms with Crippen molar-refractivity contribution in [1.82, 2.24) is 20.0 Å². The molecule has 50 heavy (non-hydrogen) atoms. The predicted octanol–water partition coefficient (Wildman–Crippen LogP) is 5.78. The van der Waals surface area contributed by atoms with Gasteiger partial charge in [0.25, 0.3) is 5.92 Å². The fourth-order valence-electron chi connectivity index (χ4n) is 9.79. The van der Waals surface area contributed by atoms with E-state index in [0.717, 1.165) is 31.2 Å². The van der Waals surface area contributed by atoms with Gasteiger partial charge in [0.05, 0.1) is 30.3 Å². The van der Waals surface area contributed by atoms with E-state index in [4.69, 9.17) is 9.31 Å². The van der Waals surface area contributed by atoms with E-state index in [2.05, 4.69) is 32.2 Å². The molecule has 3 amide bonds. The number of piperidine rings is 1. The van der Waals surface area contributed by atoms with Crippen molar-refractivity contribution in [1.29, 1.82) is 5.26 Å². The van der Waals surface area contributed by atoms with Gasteiger partial charge in [-0.05, 0) is 88.0 Å². The molecule has 0 radical (unpaired) electrons. The molecule has 1 aromatic rings. The second kappa shape index (κ2) is 13.7. The van der Waals surface area contributed by atoms with Crippen molar-refractivity contribution in [2.24, 2.45) is 29.1 Å². The van der Waals surface area contributed by atoms with Crippen molar-refractivity contribution < 1.29 is 27.7 Å². The first-order valence-corrected chi connectivity index (χ1v) is 18.7. The van der Waals surface area contributed by atoms with Crippen molar-refractivity contribution >= 4 is 19.1 Å². The molecule has 0 aromatic heterocycles. The SMILES string of the molecule is CC(C(C#N)C(=O)N1CCCC[C@@H]1CN(C)C(=O)N[C@@H](Cc1ccccc1)B1O[C@@H]2C[C@@H]3C[C@@H](C3(C)C)[C@]2(C)O1)C(C)(C)N1CCC(F)(F)C1. The fraction of sp³-hybridized carbons (Fsp3) is 0.763. The first-order valence-electron chi connectivity index (χ1n) is 18.7. The summed E-state index contributed by atoms with van der Waals surface area (Å²) in [6.45, 7) is 13.0. The second-order valence-electron chi connectivity index (χ2n) is 17.2. The largest absolute Gasteiger partial charge is 0.482 e. The predicted molar refractivity (Wildman–Crippen MR) is 188 cm³/mol. The minimum Gasteiger partial charge on any atom is -0.404 e. The second-order valence-corrected chi connectivity index (χ2v) is 17.2. The summed E-state index contributed by atoms with van der Waals surface area (Å²) < 4.78 is 41.7. The Bertz CT molecular complexity index is 1460. The Hall–Kier alpha value is -2.75. The summed E-state index contributed by atoms with van der Waals surface area (Å²) in [5.74, 6) is -3.95. The van der Waals surface area contributed by atoms with E-state index in [0.29, 0.717) is 37.8 Å². The third kappa shape index (κ3) is 6.79. The van der Waals surface area contributed by atoms with Crippen LogP contribution in [0.3, 0.4) is 0 Å². The van der Waals surface area contributed by atoms with Gasteiger partial charge in [0.2, 0.25) is 5.91 Å². The number of amides is 3. The summed E-state index contributed by atoms with van der Waals surface area (Å²) in [6, 6.07) is 11.7. The van der Waals surface area contributed by atoms with Crippen LogP contribution < -0.4 is 5.32 Å². The van der Waals surface area contributed by atoms with E-state index in [1.54, 1.807) is 21.7 Å². The summed E-state index contributed by atoms with van der Waals surface area (Å²) in [6.07, 6.45) is 4.82. The average Bonchev–Trinajstić information content (AvgIpc) is 3.64. The number of nitrogens with zero attached hydrogens (tertiary/aromatic N) is 4. The van der Waals surface area contributed by atoms with Gasteiger partial charge in [0, 0.05) is 44.7 Å². The van der Waals surface area contributed by atoms with Crippen molar-refractivity contribution in [2.45, 2.75) is 122 Å². The first-order chi connectivity index (χ1) is 23.5. The molecule has 6 fully saturated rings. The van der Waals surface area contributed by atoms with E-state index in [-0.39, 0.29) is 49.0 Å². The normalized spacial score (nSPS) is 31.9. The minimum absolute atomic E-state index is 0.0126. The molecule has 8 atom stereocenters. The summed E-state index contributed by atoms with van der Waals surface area (Å²) in [7, 11) is 1.14. The molecule has 3 saturated heterocycles. The molecule has 0 spiro atoms. The van der Waals surface area contributed by atoms with E-state index < -0.39 is 42.0 Å². The first kappa shape index (κ1) is 37.0. The van der Waals surface area contributed by atoms with Crippen molar-refractivity contribution in [3.05, 3.63) is 35.9 Å². The van der Waals surface area contributed by atoms with Gasteiger partial charge in [-0.25, -0.2) is 13.6 Å². The number of urea groups is 1. The van der Waals surface area contributed by atoms with Crippen LogP contribution in [0.25, 0.3) is 0 Å². The maximum Gasteiger partial charge on any atom is 0.482 e. The Morgan fingerprint density at radius 2 is 1.88 bits per heavy atom. The van der Waals surface area contributed by atoms with E-state index in [1.165, 1.54) is 0 Å². The Morgan fingerprint density at radius 3 is 2.52 bits per heavy atom.